The number of alkyl halides is 7. The number of amides is 2. The van der Waals surface area contributed by atoms with Crippen LogP contribution >= 0.6 is 11.3 Å². The van der Waals surface area contributed by atoms with Crippen molar-refractivity contribution >= 4 is 28.2 Å². The van der Waals surface area contributed by atoms with E-state index in [0.29, 0.717) is 41.0 Å². The molecular formula is C17H19F7N2O2S. The lowest BCUT2D eigenvalue weighted by Crippen LogP contribution is -2.57. The summed E-state index contributed by atoms with van der Waals surface area (Å²) < 4.78 is 90.3. The molecule has 0 bridgehead atoms. The molecule has 4 nitrogen and oxygen atoms in total. The molecule has 0 fully saturated rings. The van der Waals surface area contributed by atoms with Crippen molar-refractivity contribution in [3.05, 3.63) is 16.0 Å². The van der Waals surface area contributed by atoms with Gasteiger partial charge >= 0.3 is 23.9 Å². The van der Waals surface area contributed by atoms with E-state index in [1.54, 1.807) is 0 Å². The molecule has 0 saturated heterocycles. The summed E-state index contributed by atoms with van der Waals surface area (Å²) in [7, 11) is 0. The van der Waals surface area contributed by atoms with Crippen molar-refractivity contribution in [3.63, 3.8) is 0 Å². The lowest BCUT2D eigenvalue weighted by atomic mass is 9.72. The van der Waals surface area contributed by atoms with Crippen LogP contribution in [0.5, 0.6) is 0 Å². The van der Waals surface area contributed by atoms with E-state index in [1.807, 2.05) is 20.8 Å². The van der Waals surface area contributed by atoms with Gasteiger partial charge in [0, 0.05) is 4.88 Å². The molecule has 1 unspecified atom stereocenters. The third-order valence-electron chi connectivity index (χ3n) is 5.00. The number of hydrogen-bond acceptors (Lipinski definition) is 3. The van der Waals surface area contributed by atoms with Crippen molar-refractivity contribution in [1.29, 1.82) is 0 Å². The van der Waals surface area contributed by atoms with Gasteiger partial charge in [0.2, 0.25) is 0 Å². The van der Waals surface area contributed by atoms with Gasteiger partial charge in [0.1, 0.15) is 5.00 Å². The number of primary amides is 1. The molecule has 0 aliphatic heterocycles. The maximum atomic E-state index is 13.6. The second-order valence-electron chi connectivity index (χ2n) is 7.98. The first kappa shape index (κ1) is 23.4. The second kappa shape index (κ2) is 7.13. The average Bonchev–Trinajstić information content (AvgIpc) is 2.89. The van der Waals surface area contributed by atoms with Crippen LogP contribution in [-0.2, 0) is 17.6 Å². The monoisotopic (exact) mass is 448 g/mol. The summed E-state index contributed by atoms with van der Waals surface area (Å²) in [6.45, 7) is 5.94. The maximum Gasteiger partial charge on any atom is 0.460 e. The molecule has 0 spiro atoms. The molecule has 29 heavy (non-hydrogen) atoms. The van der Waals surface area contributed by atoms with Crippen molar-refractivity contribution in [2.45, 2.75) is 58.1 Å². The van der Waals surface area contributed by atoms with Gasteiger partial charge in [-0.3, -0.25) is 9.59 Å². The highest BCUT2D eigenvalue weighted by molar-refractivity contribution is 7.17. The number of carbonyl (C=O) groups is 2. The summed E-state index contributed by atoms with van der Waals surface area (Å²) in [6, 6.07) is 0. The molecule has 1 atom stereocenters. The first-order chi connectivity index (χ1) is 12.9. The summed E-state index contributed by atoms with van der Waals surface area (Å²) in [5.41, 5.74) is 5.18. The molecule has 2 amide bonds. The molecule has 1 aromatic heterocycles. The molecule has 1 aromatic rings. The van der Waals surface area contributed by atoms with Crippen LogP contribution in [0.1, 0.15) is 48.0 Å². The minimum absolute atomic E-state index is 0.125. The molecule has 2 rings (SSSR count). The number of carbonyl (C=O) groups excluding carboxylic acids is 2. The lowest BCUT2D eigenvalue weighted by Gasteiger charge is -2.33. The SMILES string of the molecule is CC(C)(C)C1CCc2c(sc(NC(=O)C(F)(F)C(F)(F)C(F)(F)F)c2C(N)=O)C1. The van der Waals surface area contributed by atoms with Gasteiger partial charge in [-0.2, -0.15) is 30.7 Å². The van der Waals surface area contributed by atoms with Crippen molar-refractivity contribution in [3.8, 4) is 0 Å². The van der Waals surface area contributed by atoms with E-state index < -0.39 is 34.8 Å². The number of anilines is 1. The van der Waals surface area contributed by atoms with Gasteiger partial charge in [0.05, 0.1) is 5.56 Å². The summed E-state index contributed by atoms with van der Waals surface area (Å²) >= 11 is 0.680. The van der Waals surface area contributed by atoms with Crippen molar-refractivity contribution in [2.75, 3.05) is 5.32 Å². The van der Waals surface area contributed by atoms with Crippen LogP contribution in [0.2, 0.25) is 0 Å². The molecule has 1 aliphatic rings. The number of rotatable bonds is 4. The Morgan fingerprint density at radius 1 is 1.07 bits per heavy atom. The molecular weight excluding hydrogens is 429 g/mol. The predicted octanol–water partition coefficient (Wildman–Crippen LogP) is 4.77. The summed E-state index contributed by atoms with van der Waals surface area (Å²) in [4.78, 5) is 24.0. The van der Waals surface area contributed by atoms with E-state index in [2.05, 4.69) is 0 Å². The van der Waals surface area contributed by atoms with E-state index in [9.17, 15) is 40.3 Å². The highest BCUT2D eigenvalue weighted by atomic mass is 32.1. The molecule has 3 N–H and O–H groups in total. The predicted molar refractivity (Wildman–Crippen MR) is 92.4 cm³/mol. The van der Waals surface area contributed by atoms with E-state index in [-0.39, 0.29) is 16.9 Å². The van der Waals surface area contributed by atoms with Crippen LogP contribution in [0.3, 0.4) is 0 Å². The molecule has 0 saturated carbocycles. The highest BCUT2D eigenvalue weighted by Crippen LogP contribution is 2.48. The van der Waals surface area contributed by atoms with E-state index >= 15 is 0 Å². The van der Waals surface area contributed by atoms with Crippen molar-refractivity contribution in [2.24, 2.45) is 17.1 Å². The van der Waals surface area contributed by atoms with Crippen LogP contribution in [0.15, 0.2) is 0 Å². The Labute approximate surface area is 165 Å². The largest absolute Gasteiger partial charge is 0.460 e. The fourth-order valence-corrected chi connectivity index (χ4v) is 4.50. The minimum Gasteiger partial charge on any atom is -0.365 e. The van der Waals surface area contributed by atoms with E-state index in [1.165, 1.54) is 5.32 Å². The van der Waals surface area contributed by atoms with Gasteiger partial charge in [0.25, 0.3) is 5.91 Å². The number of thiophene rings is 1. The lowest BCUT2D eigenvalue weighted by molar-refractivity contribution is -0.343. The zero-order valence-corrected chi connectivity index (χ0v) is 16.5. The first-order valence-corrected chi connectivity index (χ1v) is 9.31. The second-order valence-corrected chi connectivity index (χ2v) is 9.08. The van der Waals surface area contributed by atoms with Crippen LogP contribution in [0.25, 0.3) is 0 Å². The van der Waals surface area contributed by atoms with Crippen molar-refractivity contribution in [1.82, 2.24) is 0 Å². The molecule has 1 aliphatic carbocycles. The van der Waals surface area contributed by atoms with Gasteiger partial charge in [-0.25, -0.2) is 0 Å². The van der Waals surface area contributed by atoms with Crippen molar-refractivity contribution < 1.29 is 40.3 Å². The Balaban J connectivity index is 2.40. The van der Waals surface area contributed by atoms with Gasteiger partial charge in [-0.15, -0.1) is 11.3 Å². The van der Waals surface area contributed by atoms with Gasteiger partial charge in [-0.1, -0.05) is 20.8 Å². The highest BCUT2D eigenvalue weighted by Gasteiger charge is 2.76. The average molecular weight is 448 g/mol. The molecule has 0 radical (unpaired) electrons. The Hall–Kier alpha value is -1.85. The number of nitrogens with one attached hydrogen (secondary N) is 1. The summed E-state index contributed by atoms with van der Waals surface area (Å²) in [5, 5.41) is 0.814. The van der Waals surface area contributed by atoms with Crippen LogP contribution < -0.4 is 11.1 Å². The van der Waals surface area contributed by atoms with E-state index in [4.69, 9.17) is 5.73 Å². The molecule has 0 aromatic carbocycles. The normalized spacial score (nSPS) is 18.3. The Morgan fingerprint density at radius 2 is 1.62 bits per heavy atom. The molecule has 1 heterocycles. The maximum absolute atomic E-state index is 13.6. The quantitative estimate of drug-likeness (QED) is 0.652. The molecule has 12 heteroatoms. The number of fused-ring (bicyclic) bond motifs is 1. The van der Waals surface area contributed by atoms with Gasteiger partial charge < -0.3 is 11.1 Å². The van der Waals surface area contributed by atoms with Crippen LogP contribution in [-0.4, -0.2) is 29.8 Å². The summed E-state index contributed by atoms with van der Waals surface area (Å²) in [5.74, 6) is -16.5. The number of hydrogen-bond donors (Lipinski definition) is 2. The fourth-order valence-electron chi connectivity index (χ4n) is 3.18. The number of halogens is 7. The van der Waals surface area contributed by atoms with Gasteiger partial charge in [-0.05, 0) is 36.2 Å². The minimum atomic E-state index is -6.64. The Kier molecular flexibility index (Phi) is 5.76. The Bertz CT molecular complexity index is 825. The fraction of sp³-hybridized carbons (Fsp3) is 0.647. The van der Waals surface area contributed by atoms with Crippen LogP contribution in [0.4, 0.5) is 35.7 Å². The zero-order chi connectivity index (χ0) is 22.6. The number of nitrogens with two attached hydrogens (primary N) is 1. The topological polar surface area (TPSA) is 72.2 Å². The standard InChI is InChI=1S/C17H19F7N2O2S/c1-14(2,3)7-4-5-8-9(6-7)29-12(10(8)11(25)27)26-13(28)15(18,19)16(20,21)17(22,23)24/h7H,4-6H2,1-3H3,(H2,25,27)(H,26,28). The molecule has 164 valence electrons. The third-order valence-corrected chi connectivity index (χ3v) is 6.17. The van der Waals surface area contributed by atoms with Crippen LogP contribution in [0, 0.1) is 11.3 Å². The van der Waals surface area contributed by atoms with Gasteiger partial charge in [0.15, 0.2) is 0 Å². The first-order valence-electron chi connectivity index (χ1n) is 8.49. The smallest absolute Gasteiger partial charge is 0.365 e. The third kappa shape index (κ3) is 4.08. The Morgan fingerprint density at radius 3 is 2.07 bits per heavy atom. The summed E-state index contributed by atoms with van der Waals surface area (Å²) in [6.07, 6.45) is -5.26. The van der Waals surface area contributed by atoms with E-state index in [0.717, 1.165) is 0 Å². The zero-order valence-electron chi connectivity index (χ0n) is 15.6.